The molecule has 4 aliphatic carbocycles. The van der Waals surface area contributed by atoms with Gasteiger partial charge in [-0.15, -0.1) is 0 Å². The third kappa shape index (κ3) is 10.2. The maximum atomic E-state index is 13.3. The Hall–Kier alpha value is -1.95. The second-order valence-electron chi connectivity index (χ2n) is 17.0. The molecule has 9 N–H and O–H groups in total. The van der Waals surface area contributed by atoms with Crippen LogP contribution in [0.15, 0.2) is 0 Å². The van der Waals surface area contributed by atoms with Crippen LogP contribution in [-0.4, -0.2) is 139 Å². The fraction of sp³-hybridized carbons (Fsp3) is 0.919. The summed E-state index contributed by atoms with van der Waals surface area (Å²) < 4.78 is 0. The van der Waals surface area contributed by atoms with Gasteiger partial charge < -0.3 is 41.1 Å². The first-order chi connectivity index (χ1) is 24.5. The SMILES string of the molecule is CC(CCC(=O)O)C1CCC2C3CCC4CC(NC(=O)CCC(COO)N(CCN(CC(O)O)CC(O)O)CC(=O)O)CCC4(C)C3CC(O)C12C. The maximum absolute atomic E-state index is 13.3. The number of amides is 1. The summed E-state index contributed by atoms with van der Waals surface area (Å²) in [5.74, 6) is 0.260. The highest BCUT2D eigenvalue weighted by Gasteiger charge is 2.63. The lowest BCUT2D eigenvalue weighted by Gasteiger charge is -2.62. The van der Waals surface area contributed by atoms with Gasteiger partial charge in [0.1, 0.15) is 0 Å². The van der Waals surface area contributed by atoms with Gasteiger partial charge in [-0.2, -0.15) is 0 Å². The van der Waals surface area contributed by atoms with Crippen molar-refractivity contribution in [3.63, 3.8) is 0 Å². The number of aliphatic hydroxyl groups is 5. The van der Waals surface area contributed by atoms with E-state index in [1.54, 1.807) is 0 Å². The summed E-state index contributed by atoms with van der Waals surface area (Å²) in [7, 11) is 0. The number of rotatable bonds is 20. The Morgan fingerprint density at radius 3 is 2.17 bits per heavy atom. The Morgan fingerprint density at radius 2 is 1.56 bits per heavy atom. The summed E-state index contributed by atoms with van der Waals surface area (Å²) in [6.07, 6.45) is 4.85. The lowest BCUT2D eigenvalue weighted by atomic mass is 9.43. The van der Waals surface area contributed by atoms with Crippen LogP contribution in [-0.2, 0) is 19.3 Å². The molecule has 300 valence electrons. The summed E-state index contributed by atoms with van der Waals surface area (Å²) in [5.41, 5.74) is -0.137. The minimum atomic E-state index is -1.74. The summed E-state index contributed by atoms with van der Waals surface area (Å²) >= 11 is 0. The number of carboxylic acids is 2. The molecule has 4 fully saturated rings. The maximum Gasteiger partial charge on any atom is 0.317 e. The van der Waals surface area contributed by atoms with Gasteiger partial charge >= 0.3 is 11.9 Å². The molecule has 15 nitrogen and oxygen atoms in total. The molecule has 4 saturated carbocycles. The molecule has 0 saturated heterocycles. The molecule has 0 aromatic carbocycles. The summed E-state index contributed by atoms with van der Waals surface area (Å²) in [4.78, 5) is 43.5. The molecule has 15 heteroatoms. The molecular formula is C37H65N3O12. The van der Waals surface area contributed by atoms with Crippen LogP contribution in [0.3, 0.4) is 0 Å². The number of carbonyl (C=O) groups excluding carboxylic acids is 1. The second-order valence-corrected chi connectivity index (χ2v) is 17.0. The Bertz CT molecular complexity index is 1180. The van der Waals surface area contributed by atoms with Crippen molar-refractivity contribution < 1.29 is 60.3 Å². The zero-order chi connectivity index (χ0) is 38.4. The first-order valence-corrected chi connectivity index (χ1v) is 19.4. The van der Waals surface area contributed by atoms with Crippen molar-refractivity contribution in [1.82, 2.24) is 15.1 Å². The van der Waals surface area contributed by atoms with Crippen LogP contribution in [0, 0.1) is 46.3 Å². The lowest BCUT2D eigenvalue weighted by molar-refractivity contribution is -0.252. The standard InChI is InChI=1S/C37H65N3O12/c1-22(4-11-32(43)44)27-8-9-28-26-7-5-23-16-24(12-13-36(23,2)29(26)17-30(41)37(27,28)3)38-31(42)10-6-25(21-52-51)40(20-35(49)50)15-14-39(18-33(45)46)19-34(47)48/h22-30,33-34,41,45-48,51H,4-21H2,1-3H3,(H,38,42)(H,43,44)(H,49,50). The Morgan fingerprint density at radius 1 is 0.865 bits per heavy atom. The van der Waals surface area contributed by atoms with Gasteiger partial charge in [0.05, 0.1) is 19.3 Å². The summed E-state index contributed by atoms with van der Waals surface area (Å²) in [6, 6.07) is -0.659. The van der Waals surface area contributed by atoms with E-state index in [1.807, 2.05) is 0 Å². The molecule has 4 aliphatic rings. The minimum absolute atomic E-state index is 0.00195. The number of nitrogens with one attached hydrogen (secondary N) is 1. The Balaban J connectivity index is 1.33. The molecule has 0 heterocycles. The van der Waals surface area contributed by atoms with E-state index < -0.39 is 43.2 Å². The van der Waals surface area contributed by atoms with Crippen molar-refractivity contribution >= 4 is 17.8 Å². The predicted octanol–water partition coefficient (Wildman–Crippen LogP) is 1.55. The molecule has 0 spiro atoms. The first-order valence-electron chi connectivity index (χ1n) is 19.4. The molecule has 52 heavy (non-hydrogen) atoms. The van der Waals surface area contributed by atoms with Crippen molar-refractivity contribution in [1.29, 1.82) is 0 Å². The van der Waals surface area contributed by atoms with Gasteiger partial charge in [-0.3, -0.25) is 29.4 Å². The smallest absolute Gasteiger partial charge is 0.317 e. The van der Waals surface area contributed by atoms with Crippen LogP contribution in [0.1, 0.15) is 97.8 Å². The van der Waals surface area contributed by atoms with Gasteiger partial charge in [-0.05, 0) is 111 Å². The number of nitrogens with zero attached hydrogens (tertiary/aromatic N) is 2. The zero-order valence-corrected chi connectivity index (χ0v) is 31.2. The van der Waals surface area contributed by atoms with Crippen LogP contribution in [0.5, 0.6) is 0 Å². The quantitative estimate of drug-likeness (QED) is 0.0489. The Labute approximate surface area is 307 Å². The third-order valence-corrected chi connectivity index (χ3v) is 14.1. The molecule has 1 amide bonds. The van der Waals surface area contributed by atoms with Crippen LogP contribution < -0.4 is 5.32 Å². The van der Waals surface area contributed by atoms with E-state index in [4.69, 9.17) is 0 Å². The van der Waals surface area contributed by atoms with Gasteiger partial charge in [0.25, 0.3) is 0 Å². The lowest BCUT2D eigenvalue weighted by Crippen LogP contribution is -2.59. The number of aliphatic hydroxyl groups excluding tert-OH is 3. The van der Waals surface area contributed by atoms with E-state index in [2.05, 4.69) is 31.0 Å². The van der Waals surface area contributed by atoms with Crippen LogP contribution in [0.2, 0.25) is 0 Å². The highest BCUT2D eigenvalue weighted by atomic mass is 17.1. The number of aliphatic carboxylic acids is 2. The minimum Gasteiger partial charge on any atom is -0.481 e. The number of hydrogen-bond acceptors (Lipinski definition) is 12. The fourth-order valence-corrected chi connectivity index (χ4v) is 11.5. The number of carbonyl (C=O) groups is 3. The molecule has 0 aromatic rings. The average molecular weight is 744 g/mol. The fourth-order valence-electron chi connectivity index (χ4n) is 11.5. The predicted molar refractivity (Wildman–Crippen MR) is 188 cm³/mol. The second kappa shape index (κ2) is 18.6. The number of fused-ring (bicyclic) bond motifs is 5. The van der Waals surface area contributed by atoms with Crippen molar-refractivity contribution in [3.8, 4) is 0 Å². The van der Waals surface area contributed by atoms with Crippen molar-refractivity contribution in [3.05, 3.63) is 0 Å². The molecule has 11 unspecified atom stereocenters. The van der Waals surface area contributed by atoms with E-state index in [9.17, 15) is 55.4 Å². The van der Waals surface area contributed by atoms with Gasteiger partial charge in [0, 0.05) is 51.1 Å². The topological polar surface area (TPSA) is 241 Å². The van der Waals surface area contributed by atoms with Crippen LogP contribution >= 0.6 is 0 Å². The van der Waals surface area contributed by atoms with E-state index in [0.717, 1.165) is 51.4 Å². The molecule has 0 aliphatic heterocycles. The van der Waals surface area contributed by atoms with Gasteiger partial charge in [-0.25, -0.2) is 4.89 Å². The van der Waals surface area contributed by atoms with Crippen molar-refractivity contribution in [2.45, 2.75) is 129 Å². The highest BCUT2D eigenvalue weighted by Crippen LogP contribution is 2.68. The molecular weight excluding hydrogens is 678 g/mol. The number of hydrogen-bond donors (Lipinski definition) is 9. The zero-order valence-electron chi connectivity index (χ0n) is 31.2. The number of carboxylic acid groups (broad SMARTS) is 2. The van der Waals surface area contributed by atoms with Crippen LogP contribution in [0.25, 0.3) is 0 Å². The van der Waals surface area contributed by atoms with Gasteiger partial charge in [0.15, 0.2) is 12.6 Å². The monoisotopic (exact) mass is 743 g/mol. The highest BCUT2D eigenvalue weighted by molar-refractivity contribution is 5.76. The normalized spacial score (nSPS) is 34.2. The molecule has 11 atom stereocenters. The largest absolute Gasteiger partial charge is 0.481 e. The summed E-state index contributed by atoms with van der Waals surface area (Å²) in [5, 5.41) is 80.7. The average Bonchev–Trinajstić information content (AvgIpc) is 3.42. The molecule has 0 bridgehead atoms. The molecule has 0 radical (unpaired) electrons. The van der Waals surface area contributed by atoms with E-state index >= 15 is 0 Å². The van der Waals surface area contributed by atoms with E-state index in [0.29, 0.717) is 36.0 Å². The first kappa shape index (κ1) is 42.8. The third-order valence-electron chi connectivity index (χ3n) is 14.1. The molecule has 0 aromatic heterocycles. The van der Waals surface area contributed by atoms with Gasteiger partial charge in [0.2, 0.25) is 5.91 Å². The Kier molecular flexibility index (Phi) is 15.3. The van der Waals surface area contributed by atoms with Crippen molar-refractivity contribution in [2.75, 3.05) is 39.3 Å². The van der Waals surface area contributed by atoms with Gasteiger partial charge in [-0.1, -0.05) is 20.8 Å². The van der Waals surface area contributed by atoms with E-state index in [-0.39, 0.29) is 80.7 Å². The van der Waals surface area contributed by atoms with E-state index in [1.165, 1.54) is 9.80 Å². The van der Waals surface area contributed by atoms with Crippen LogP contribution in [0.4, 0.5) is 0 Å². The summed E-state index contributed by atoms with van der Waals surface area (Å²) in [6.45, 7) is 5.67. The van der Waals surface area contributed by atoms with Crippen molar-refractivity contribution in [2.24, 2.45) is 46.3 Å². The molecule has 4 rings (SSSR count).